The Labute approximate surface area is 158 Å². The Morgan fingerprint density at radius 3 is 2.63 bits per heavy atom. The molecule has 2 aromatic rings. The second-order valence-electron chi connectivity index (χ2n) is 5.73. The van der Waals surface area contributed by atoms with Crippen molar-refractivity contribution in [3.05, 3.63) is 59.7 Å². The zero-order valence-corrected chi connectivity index (χ0v) is 15.2. The fourth-order valence-electron chi connectivity index (χ4n) is 2.17. The van der Waals surface area contributed by atoms with Crippen molar-refractivity contribution in [1.29, 1.82) is 0 Å². The molecule has 0 saturated heterocycles. The average molecular weight is 372 g/mol. The van der Waals surface area contributed by atoms with Gasteiger partial charge >= 0.3 is 0 Å². The van der Waals surface area contributed by atoms with Gasteiger partial charge in [0.1, 0.15) is 17.2 Å². The number of carbonyl (C=O) groups is 2. The first kappa shape index (κ1) is 20.3. The number of amides is 2. The summed E-state index contributed by atoms with van der Waals surface area (Å²) >= 11 is 0. The summed E-state index contributed by atoms with van der Waals surface area (Å²) in [6.45, 7) is 2.59. The fourth-order valence-corrected chi connectivity index (χ4v) is 2.17. The SMILES string of the molecule is CCCCOc1ccc(C(=O)NC(=Cc2ccco2)C(=O)NCCO)cc1. The minimum Gasteiger partial charge on any atom is -0.494 e. The van der Waals surface area contributed by atoms with Gasteiger partial charge in [0.15, 0.2) is 0 Å². The van der Waals surface area contributed by atoms with E-state index >= 15 is 0 Å². The van der Waals surface area contributed by atoms with Crippen LogP contribution < -0.4 is 15.4 Å². The largest absolute Gasteiger partial charge is 0.494 e. The Hall–Kier alpha value is -3.06. The molecule has 0 aliphatic heterocycles. The minimum absolute atomic E-state index is 0.0201. The summed E-state index contributed by atoms with van der Waals surface area (Å²) in [6, 6.07) is 10.0. The van der Waals surface area contributed by atoms with E-state index in [4.69, 9.17) is 14.3 Å². The van der Waals surface area contributed by atoms with E-state index in [0.717, 1.165) is 12.8 Å². The molecule has 0 aliphatic rings. The van der Waals surface area contributed by atoms with E-state index in [1.54, 1.807) is 36.4 Å². The third-order valence-corrected chi connectivity index (χ3v) is 3.60. The summed E-state index contributed by atoms with van der Waals surface area (Å²) in [6.07, 6.45) is 4.90. The maximum Gasteiger partial charge on any atom is 0.268 e. The number of benzene rings is 1. The number of nitrogens with one attached hydrogen (secondary N) is 2. The fraction of sp³-hybridized carbons (Fsp3) is 0.300. The Morgan fingerprint density at radius 1 is 1.22 bits per heavy atom. The Morgan fingerprint density at radius 2 is 2.00 bits per heavy atom. The Balaban J connectivity index is 2.07. The number of unbranched alkanes of at least 4 members (excludes halogenated alkanes) is 1. The van der Waals surface area contributed by atoms with Crippen LogP contribution >= 0.6 is 0 Å². The van der Waals surface area contributed by atoms with E-state index < -0.39 is 11.8 Å². The molecule has 1 aromatic carbocycles. The van der Waals surface area contributed by atoms with Crippen LogP contribution in [0.15, 0.2) is 52.8 Å². The molecule has 27 heavy (non-hydrogen) atoms. The van der Waals surface area contributed by atoms with Crippen LogP contribution in [-0.2, 0) is 4.79 Å². The van der Waals surface area contributed by atoms with Crippen LogP contribution in [0.5, 0.6) is 5.75 Å². The van der Waals surface area contributed by atoms with Crippen LogP contribution in [0.4, 0.5) is 0 Å². The standard InChI is InChI=1S/C20H24N2O5/c1-2-3-12-26-16-8-6-15(7-9-16)19(24)22-18(20(25)21-10-11-23)14-17-5-4-13-27-17/h4-9,13-14,23H,2-3,10-12H2,1H3,(H,21,25)(H,22,24). The number of hydrogen-bond acceptors (Lipinski definition) is 5. The maximum absolute atomic E-state index is 12.5. The van der Waals surface area contributed by atoms with Gasteiger partial charge in [-0.25, -0.2) is 0 Å². The molecule has 0 atom stereocenters. The van der Waals surface area contributed by atoms with Crippen molar-refractivity contribution >= 4 is 17.9 Å². The lowest BCUT2D eigenvalue weighted by Crippen LogP contribution is -2.36. The summed E-state index contributed by atoms with van der Waals surface area (Å²) in [4.78, 5) is 24.7. The van der Waals surface area contributed by atoms with E-state index in [-0.39, 0.29) is 18.8 Å². The summed E-state index contributed by atoms with van der Waals surface area (Å²) in [5.74, 6) is 0.150. The Bertz CT molecular complexity index is 751. The van der Waals surface area contributed by atoms with Crippen molar-refractivity contribution in [3.63, 3.8) is 0 Å². The third-order valence-electron chi connectivity index (χ3n) is 3.60. The topological polar surface area (TPSA) is 101 Å². The molecule has 0 unspecified atom stereocenters. The molecule has 2 amide bonds. The van der Waals surface area contributed by atoms with E-state index in [1.165, 1.54) is 12.3 Å². The van der Waals surface area contributed by atoms with Gasteiger partial charge in [-0.1, -0.05) is 13.3 Å². The van der Waals surface area contributed by atoms with Crippen molar-refractivity contribution in [2.45, 2.75) is 19.8 Å². The smallest absolute Gasteiger partial charge is 0.268 e. The number of rotatable bonds is 10. The van der Waals surface area contributed by atoms with Gasteiger partial charge in [0, 0.05) is 18.2 Å². The minimum atomic E-state index is -0.520. The normalized spacial score (nSPS) is 11.1. The van der Waals surface area contributed by atoms with Gasteiger partial charge in [0.2, 0.25) is 0 Å². The van der Waals surface area contributed by atoms with Crippen LogP contribution in [0.3, 0.4) is 0 Å². The third kappa shape index (κ3) is 6.63. The molecule has 1 aromatic heterocycles. The van der Waals surface area contributed by atoms with Gasteiger partial charge in [-0.2, -0.15) is 0 Å². The number of furan rings is 1. The molecule has 0 aliphatic carbocycles. The highest BCUT2D eigenvalue weighted by Crippen LogP contribution is 2.13. The average Bonchev–Trinajstić information content (AvgIpc) is 3.19. The number of aliphatic hydroxyl groups is 1. The second-order valence-corrected chi connectivity index (χ2v) is 5.73. The highest BCUT2D eigenvalue weighted by Gasteiger charge is 2.15. The van der Waals surface area contributed by atoms with Crippen molar-refractivity contribution in [2.75, 3.05) is 19.8 Å². The number of ether oxygens (including phenoxy) is 1. The number of aliphatic hydroxyl groups excluding tert-OH is 1. The molecule has 0 bridgehead atoms. The lowest BCUT2D eigenvalue weighted by molar-refractivity contribution is -0.117. The van der Waals surface area contributed by atoms with Gasteiger partial charge in [0.05, 0.1) is 19.5 Å². The first-order valence-electron chi connectivity index (χ1n) is 8.82. The first-order valence-corrected chi connectivity index (χ1v) is 8.82. The van der Waals surface area contributed by atoms with Gasteiger partial charge in [-0.3, -0.25) is 9.59 Å². The molecule has 0 spiro atoms. The van der Waals surface area contributed by atoms with Crippen molar-refractivity contribution < 1.29 is 23.8 Å². The monoisotopic (exact) mass is 372 g/mol. The van der Waals surface area contributed by atoms with Crippen LogP contribution in [0.25, 0.3) is 6.08 Å². The van der Waals surface area contributed by atoms with E-state index in [1.807, 2.05) is 0 Å². The number of hydrogen-bond donors (Lipinski definition) is 3. The molecule has 144 valence electrons. The van der Waals surface area contributed by atoms with Gasteiger partial charge in [-0.15, -0.1) is 0 Å². The summed E-state index contributed by atoms with van der Waals surface area (Å²) in [7, 11) is 0. The van der Waals surface area contributed by atoms with Crippen LogP contribution in [0.2, 0.25) is 0 Å². The molecule has 0 fully saturated rings. The second kappa shape index (κ2) is 10.8. The Kier molecular flexibility index (Phi) is 8.12. The predicted molar refractivity (Wildman–Crippen MR) is 101 cm³/mol. The van der Waals surface area contributed by atoms with Crippen LogP contribution in [-0.4, -0.2) is 36.7 Å². The van der Waals surface area contributed by atoms with Crippen molar-refractivity contribution in [2.24, 2.45) is 0 Å². The summed E-state index contributed by atoms with van der Waals surface area (Å²) < 4.78 is 10.8. The molecule has 1 heterocycles. The highest BCUT2D eigenvalue weighted by molar-refractivity contribution is 6.05. The summed E-state index contributed by atoms with van der Waals surface area (Å²) in [5, 5.41) is 14.0. The number of carbonyl (C=O) groups excluding carboxylic acids is 2. The quantitative estimate of drug-likeness (QED) is 0.439. The molecule has 7 nitrogen and oxygen atoms in total. The van der Waals surface area contributed by atoms with Crippen molar-refractivity contribution in [1.82, 2.24) is 10.6 Å². The molecule has 7 heteroatoms. The molecular weight excluding hydrogens is 348 g/mol. The van der Waals surface area contributed by atoms with Gasteiger partial charge < -0.3 is 24.9 Å². The molecular formula is C20H24N2O5. The molecule has 3 N–H and O–H groups in total. The van der Waals surface area contributed by atoms with E-state index in [9.17, 15) is 9.59 Å². The summed E-state index contributed by atoms with van der Waals surface area (Å²) in [5.41, 5.74) is 0.407. The first-order chi connectivity index (χ1) is 13.1. The van der Waals surface area contributed by atoms with Crippen molar-refractivity contribution in [3.8, 4) is 5.75 Å². The lowest BCUT2D eigenvalue weighted by atomic mass is 10.2. The highest BCUT2D eigenvalue weighted by atomic mass is 16.5. The van der Waals surface area contributed by atoms with E-state index in [2.05, 4.69) is 17.6 Å². The van der Waals surface area contributed by atoms with Gasteiger partial charge in [0.25, 0.3) is 11.8 Å². The molecule has 0 saturated carbocycles. The zero-order chi connectivity index (χ0) is 19.5. The van der Waals surface area contributed by atoms with Gasteiger partial charge in [-0.05, 0) is 42.8 Å². The van der Waals surface area contributed by atoms with E-state index in [0.29, 0.717) is 23.7 Å². The molecule has 0 radical (unpaired) electrons. The lowest BCUT2D eigenvalue weighted by Gasteiger charge is -2.11. The zero-order valence-electron chi connectivity index (χ0n) is 15.2. The van der Waals surface area contributed by atoms with Crippen LogP contribution in [0, 0.1) is 0 Å². The van der Waals surface area contributed by atoms with Crippen LogP contribution in [0.1, 0.15) is 35.9 Å². The predicted octanol–water partition coefficient (Wildman–Crippen LogP) is 2.34. The maximum atomic E-state index is 12.5. The molecule has 2 rings (SSSR count).